The lowest BCUT2D eigenvalue weighted by Gasteiger charge is -1.99. The van der Waals surface area contributed by atoms with Crippen molar-refractivity contribution in [2.75, 3.05) is 5.75 Å². The fourth-order valence-electron chi connectivity index (χ4n) is 1.38. The van der Waals surface area contributed by atoms with E-state index in [1.165, 1.54) is 22.6 Å². The summed E-state index contributed by atoms with van der Waals surface area (Å²) in [6.45, 7) is 2.19. The first-order valence-corrected chi connectivity index (χ1v) is 4.58. The first-order chi connectivity index (χ1) is 4.88. The lowest BCUT2D eigenvalue weighted by molar-refractivity contribution is 1.12. The van der Waals surface area contributed by atoms with Crippen LogP contribution in [0.25, 0.3) is 0 Å². The summed E-state index contributed by atoms with van der Waals surface area (Å²) in [7, 11) is 0. The van der Waals surface area contributed by atoms with Crippen molar-refractivity contribution >= 4 is 11.8 Å². The molecule has 52 valence electrons. The SMILES string of the molecule is Cc1cccc2c1SCC2. The monoisotopic (exact) mass is 150 g/mol. The van der Waals surface area contributed by atoms with E-state index < -0.39 is 0 Å². The van der Waals surface area contributed by atoms with Gasteiger partial charge in [-0.1, -0.05) is 18.2 Å². The van der Waals surface area contributed by atoms with Gasteiger partial charge in [0.05, 0.1) is 0 Å². The second-order valence-corrected chi connectivity index (χ2v) is 3.77. The highest BCUT2D eigenvalue weighted by Gasteiger charge is 2.11. The Hall–Kier alpha value is -0.430. The van der Waals surface area contributed by atoms with Crippen LogP contribution >= 0.6 is 11.8 Å². The van der Waals surface area contributed by atoms with Crippen LogP contribution in [0.15, 0.2) is 23.1 Å². The van der Waals surface area contributed by atoms with E-state index in [-0.39, 0.29) is 0 Å². The van der Waals surface area contributed by atoms with Gasteiger partial charge in [-0.3, -0.25) is 0 Å². The second-order valence-electron chi connectivity index (χ2n) is 2.66. The summed E-state index contributed by atoms with van der Waals surface area (Å²) in [5.41, 5.74) is 2.99. The van der Waals surface area contributed by atoms with Crippen molar-refractivity contribution in [3.05, 3.63) is 29.3 Å². The first-order valence-electron chi connectivity index (χ1n) is 3.59. The molecule has 1 heterocycles. The van der Waals surface area contributed by atoms with Crippen LogP contribution < -0.4 is 0 Å². The van der Waals surface area contributed by atoms with Crippen molar-refractivity contribution in [1.29, 1.82) is 0 Å². The van der Waals surface area contributed by atoms with Crippen LogP contribution in [0.4, 0.5) is 0 Å². The van der Waals surface area contributed by atoms with E-state index in [2.05, 4.69) is 25.1 Å². The summed E-state index contributed by atoms with van der Waals surface area (Å²) in [6.07, 6.45) is 1.27. The van der Waals surface area contributed by atoms with Gasteiger partial charge < -0.3 is 0 Å². The van der Waals surface area contributed by atoms with Crippen molar-refractivity contribution in [1.82, 2.24) is 0 Å². The van der Waals surface area contributed by atoms with Crippen LogP contribution in [0.3, 0.4) is 0 Å². The van der Waals surface area contributed by atoms with Gasteiger partial charge in [-0.05, 0) is 24.5 Å². The molecule has 0 fully saturated rings. The number of fused-ring (bicyclic) bond motifs is 1. The standard InChI is InChI=1S/C9H10S/c1-7-3-2-4-8-5-6-10-9(7)8/h2-4H,5-6H2,1H3. The van der Waals surface area contributed by atoms with Crippen molar-refractivity contribution < 1.29 is 0 Å². The lowest BCUT2D eigenvalue weighted by Crippen LogP contribution is -1.81. The summed E-state index contributed by atoms with van der Waals surface area (Å²) >= 11 is 1.99. The summed E-state index contributed by atoms with van der Waals surface area (Å²) in [5, 5.41) is 0. The Balaban J connectivity index is 2.59. The third-order valence-electron chi connectivity index (χ3n) is 1.91. The van der Waals surface area contributed by atoms with Crippen LogP contribution in [-0.2, 0) is 6.42 Å². The third kappa shape index (κ3) is 0.853. The maximum atomic E-state index is 2.24. The Morgan fingerprint density at radius 3 is 3.10 bits per heavy atom. The molecule has 0 N–H and O–H groups in total. The van der Waals surface area contributed by atoms with Gasteiger partial charge in [0.1, 0.15) is 0 Å². The van der Waals surface area contributed by atoms with E-state index in [4.69, 9.17) is 0 Å². The lowest BCUT2D eigenvalue weighted by atomic mass is 10.1. The number of aryl methyl sites for hydroxylation is 2. The minimum atomic E-state index is 1.27. The van der Waals surface area contributed by atoms with E-state index in [0.29, 0.717) is 0 Å². The van der Waals surface area contributed by atoms with Gasteiger partial charge in [-0.15, -0.1) is 11.8 Å². The summed E-state index contributed by atoms with van der Waals surface area (Å²) in [5.74, 6) is 1.28. The first kappa shape index (κ1) is 6.29. The zero-order valence-corrected chi connectivity index (χ0v) is 6.87. The Kier molecular flexibility index (Phi) is 1.46. The smallest absolute Gasteiger partial charge is 0.0134 e. The van der Waals surface area contributed by atoms with Gasteiger partial charge >= 0.3 is 0 Å². The van der Waals surface area contributed by atoms with E-state index >= 15 is 0 Å². The van der Waals surface area contributed by atoms with Crippen molar-refractivity contribution in [2.24, 2.45) is 0 Å². The van der Waals surface area contributed by atoms with E-state index in [1.54, 1.807) is 5.56 Å². The summed E-state index contributed by atoms with van der Waals surface area (Å²) in [4.78, 5) is 1.53. The minimum absolute atomic E-state index is 1.27. The van der Waals surface area contributed by atoms with Gasteiger partial charge in [0.15, 0.2) is 0 Å². The molecule has 1 aromatic carbocycles. The van der Waals surface area contributed by atoms with Crippen LogP contribution in [0.1, 0.15) is 11.1 Å². The number of thioether (sulfide) groups is 1. The van der Waals surface area contributed by atoms with Gasteiger partial charge in [0, 0.05) is 10.6 Å². The predicted molar refractivity (Wildman–Crippen MR) is 45.6 cm³/mol. The number of hydrogen-bond acceptors (Lipinski definition) is 1. The minimum Gasteiger partial charge on any atom is -0.125 e. The summed E-state index contributed by atoms with van der Waals surface area (Å²) < 4.78 is 0. The van der Waals surface area contributed by atoms with Gasteiger partial charge in [-0.2, -0.15) is 0 Å². The highest BCUT2D eigenvalue weighted by molar-refractivity contribution is 7.99. The fourth-order valence-corrected chi connectivity index (χ4v) is 2.56. The number of hydrogen-bond donors (Lipinski definition) is 0. The maximum absolute atomic E-state index is 2.24. The molecule has 1 aliphatic heterocycles. The molecular weight excluding hydrogens is 140 g/mol. The Labute approximate surface area is 65.6 Å². The molecule has 0 aromatic heterocycles. The van der Waals surface area contributed by atoms with E-state index in [9.17, 15) is 0 Å². The third-order valence-corrected chi connectivity index (χ3v) is 3.19. The van der Waals surface area contributed by atoms with Gasteiger partial charge in [0.25, 0.3) is 0 Å². The van der Waals surface area contributed by atoms with Gasteiger partial charge in [0.2, 0.25) is 0 Å². The molecule has 0 unspecified atom stereocenters. The van der Waals surface area contributed by atoms with Crippen LogP contribution in [0.2, 0.25) is 0 Å². The number of benzene rings is 1. The maximum Gasteiger partial charge on any atom is 0.0134 e. The predicted octanol–water partition coefficient (Wildman–Crippen LogP) is 2.64. The highest BCUT2D eigenvalue weighted by atomic mass is 32.2. The zero-order chi connectivity index (χ0) is 6.97. The normalized spacial score (nSPS) is 15.3. The molecule has 0 spiro atoms. The van der Waals surface area contributed by atoms with E-state index in [1.807, 2.05) is 11.8 Å². The van der Waals surface area contributed by atoms with Crippen molar-refractivity contribution in [3.63, 3.8) is 0 Å². The summed E-state index contributed by atoms with van der Waals surface area (Å²) in [6, 6.07) is 6.58. The molecule has 0 bridgehead atoms. The number of rotatable bonds is 0. The average Bonchev–Trinajstić information content (AvgIpc) is 2.36. The fraction of sp³-hybridized carbons (Fsp3) is 0.333. The molecule has 1 aromatic rings. The Morgan fingerprint density at radius 1 is 1.40 bits per heavy atom. The van der Waals surface area contributed by atoms with Gasteiger partial charge in [-0.25, -0.2) is 0 Å². The molecular formula is C9H10S. The Bertz CT molecular complexity index is 253. The van der Waals surface area contributed by atoms with Crippen molar-refractivity contribution in [3.8, 4) is 0 Å². The van der Waals surface area contributed by atoms with Crippen molar-refractivity contribution in [2.45, 2.75) is 18.2 Å². The molecule has 0 saturated heterocycles. The molecule has 0 amide bonds. The van der Waals surface area contributed by atoms with Crippen LogP contribution in [0, 0.1) is 6.92 Å². The van der Waals surface area contributed by atoms with Crippen LogP contribution in [-0.4, -0.2) is 5.75 Å². The molecule has 0 atom stereocenters. The largest absolute Gasteiger partial charge is 0.125 e. The second kappa shape index (κ2) is 2.31. The molecule has 0 nitrogen and oxygen atoms in total. The molecule has 1 heteroatoms. The molecule has 0 saturated carbocycles. The Morgan fingerprint density at radius 2 is 2.30 bits per heavy atom. The highest BCUT2D eigenvalue weighted by Crippen LogP contribution is 2.33. The molecule has 0 radical (unpaired) electrons. The molecule has 10 heavy (non-hydrogen) atoms. The topological polar surface area (TPSA) is 0 Å². The zero-order valence-electron chi connectivity index (χ0n) is 6.05. The van der Waals surface area contributed by atoms with Crippen LogP contribution in [0.5, 0.6) is 0 Å². The van der Waals surface area contributed by atoms with E-state index in [0.717, 1.165) is 0 Å². The molecule has 0 aliphatic carbocycles. The average molecular weight is 150 g/mol. The molecule has 2 rings (SSSR count). The quantitative estimate of drug-likeness (QED) is 0.548. The molecule has 1 aliphatic rings.